The summed E-state index contributed by atoms with van der Waals surface area (Å²) in [6, 6.07) is 6.05. The highest BCUT2D eigenvalue weighted by molar-refractivity contribution is 5.33. The predicted molar refractivity (Wildman–Crippen MR) is 62.3 cm³/mol. The molecule has 0 spiro atoms. The molecule has 0 atom stereocenters. The molecule has 0 fully saturated rings. The molecule has 0 heterocycles. The van der Waals surface area contributed by atoms with E-state index < -0.39 is 0 Å². The van der Waals surface area contributed by atoms with Crippen LogP contribution in [0.15, 0.2) is 18.2 Å². The maximum atomic E-state index is 9.09. The number of hydrogen-bond acceptors (Lipinski definition) is 2. The van der Waals surface area contributed by atoms with Gasteiger partial charge in [-0.2, -0.15) is 0 Å². The highest BCUT2D eigenvalue weighted by Crippen LogP contribution is 2.20. The molecular weight excluding hydrogens is 188 g/mol. The second-order valence-electron chi connectivity index (χ2n) is 4.86. The molecule has 1 aromatic rings. The Labute approximate surface area is 91.9 Å². The second-order valence-corrected chi connectivity index (χ2v) is 4.86. The fourth-order valence-corrected chi connectivity index (χ4v) is 1.13. The summed E-state index contributed by atoms with van der Waals surface area (Å²) in [5.41, 5.74) is 2.32. The minimum absolute atomic E-state index is 0.137. The first-order chi connectivity index (χ1) is 6.94. The molecule has 0 saturated heterocycles. The average Bonchev–Trinajstić information content (AvgIpc) is 2.20. The van der Waals surface area contributed by atoms with E-state index in [0.29, 0.717) is 6.61 Å². The molecule has 0 aliphatic rings. The molecule has 15 heavy (non-hydrogen) atoms. The van der Waals surface area contributed by atoms with Crippen LogP contribution in [0.2, 0.25) is 0 Å². The van der Waals surface area contributed by atoms with Crippen molar-refractivity contribution in [3.05, 3.63) is 29.3 Å². The molecule has 1 aromatic carbocycles. The molecule has 1 N–H and O–H groups in total. The van der Waals surface area contributed by atoms with Crippen LogP contribution in [-0.4, -0.2) is 18.3 Å². The van der Waals surface area contributed by atoms with E-state index in [1.54, 1.807) is 0 Å². The van der Waals surface area contributed by atoms with E-state index in [1.165, 1.54) is 11.1 Å². The van der Waals surface area contributed by atoms with Crippen molar-refractivity contribution in [2.75, 3.05) is 13.2 Å². The number of benzene rings is 1. The Hall–Kier alpha value is -1.02. The maximum Gasteiger partial charge on any atom is 0.119 e. The third kappa shape index (κ3) is 3.56. The quantitative estimate of drug-likeness (QED) is 0.824. The summed E-state index contributed by atoms with van der Waals surface area (Å²) in [7, 11) is 0. The van der Waals surface area contributed by atoms with Crippen LogP contribution in [0, 0.1) is 19.3 Å². The van der Waals surface area contributed by atoms with Gasteiger partial charge in [0, 0.05) is 5.41 Å². The van der Waals surface area contributed by atoms with Crippen molar-refractivity contribution >= 4 is 0 Å². The van der Waals surface area contributed by atoms with Crippen LogP contribution >= 0.6 is 0 Å². The van der Waals surface area contributed by atoms with Gasteiger partial charge in [-0.05, 0) is 37.1 Å². The van der Waals surface area contributed by atoms with Gasteiger partial charge in [0.1, 0.15) is 5.75 Å². The molecule has 0 bridgehead atoms. The first-order valence-electron chi connectivity index (χ1n) is 5.25. The van der Waals surface area contributed by atoms with Crippen molar-refractivity contribution < 1.29 is 9.84 Å². The van der Waals surface area contributed by atoms with Gasteiger partial charge >= 0.3 is 0 Å². The van der Waals surface area contributed by atoms with Crippen LogP contribution < -0.4 is 4.74 Å². The Morgan fingerprint density at radius 1 is 1.20 bits per heavy atom. The first kappa shape index (κ1) is 12.1. The van der Waals surface area contributed by atoms with Gasteiger partial charge in [0.2, 0.25) is 0 Å². The van der Waals surface area contributed by atoms with Gasteiger partial charge in [0.25, 0.3) is 0 Å². The zero-order chi connectivity index (χ0) is 11.5. The topological polar surface area (TPSA) is 29.5 Å². The van der Waals surface area contributed by atoms with Gasteiger partial charge in [0.15, 0.2) is 0 Å². The summed E-state index contributed by atoms with van der Waals surface area (Å²) in [6.07, 6.45) is 0. The summed E-state index contributed by atoms with van der Waals surface area (Å²) in [4.78, 5) is 0. The normalized spacial score (nSPS) is 11.5. The minimum Gasteiger partial charge on any atom is -0.493 e. The molecule has 0 aliphatic carbocycles. The molecule has 0 aliphatic heterocycles. The molecule has 0 amide bonds. The Morgan fingerprint density at radius 3 is 2.40 bits per heavy atom. The Bertz CT molecular complexity index is 329. The van der Waals surface area contributed by atoms with E-state index in [1.807, 2.05) is 26.0 Å². The van der Waals surface area contributed by atoms with Gasteiger partial charge in [-0.1, -0.05) is 19.9 Å². The monoisotopic (exact) mass is 208 g/mol. The van der Waals surface area contributed by atoms with Gasteiger partial charge in [-0.25, -0.2) is 0 Å². The highest BCUT2D eigenvalue weighted by atomic mass is 16.5. The molecule has 0 radical (unpaired) electrons. The number of ether oxygens (including phenoxy) is 1. The van der Waals surface area contributed by atoms with Crippen LogP contribution in [0.4, 0.5) is 0 Å². The molecular formula is C13H20O2. The standard InChI is InChI=1S/C13H20O2/c1-10-5-6-12(7-11(10)2)15-9-13(3,4)8-14/h5-7,14H,8-9H2,1-4H3. The van der Waals surface area contributed by atoms with Gasteiger partial charge in [-0.15, -0.1) is 0 Å². The minimum atomic E-state index is -0.182. The van der Waals surface area contributed by atoms with E-state index in [0.717, 1.165) is 5.75 Å². The largest absolute Gasteiger partial charge is 0.493 e. The van der Waals surface area contributed by atoms with Crippen LogP contribution in [0.3, 0.4) is 0 Å². The molecule has 84 valence electrons. The predicted octanol–water partition coefficient (Wildman–Crippen LogP) is 2.70. The fraction of sp³-hybridized carbons (Fsp3) is 0.538. The van der Waals surface area contributed by atoms with Crippen molar-refractivity contribution in [2.24, 2.45) is 5.41 Å². The molecule has 2 heteroatoms. The Balaban J connectivity index is 2.62. The first-order valence-corrected chi connectivity index (χ1v) is 5.25. The molecule has 0 aromatic heterocycles. The Morgan fingerprint density at radius 2 is 1.87 bits per heavy atom. The van der Waals surface area contributed by atoms with E-state index in [-0.39, 0.29) is 12.0 Å². The van der Waals surface area contributed by atoms with Crippen molar-refractivity contribution in [3.63, 3.8) is 0 Å². The van der Waals surface area contributed by atoms with E-state index in [2.05, 4.69) is 19.9 Å². The van der Waals surface area contributed by atoms with E-state index in [9.17, 15) is 0 Å². The van der Waals surface area contributed by atoms with Crippen LogP contribution in [0.25, 0.3) is 0 Å². The number of aryl methyl sites for hydroxylation is 2. The Kier molecular flexibility index (Phi) is 3.75. The van der Waals surface area contributed by atoms with Crippen LogP contribution in [0.5, 0.6) is 5.75 Å². The zero-order valence-electron chi connectivity index (χ0n) is 10.0. The van der Waals surface area contributed by atoms with Crippen molar-refractivity contribution in [3.8, 4) is 5.75 Å². The van der Waals surface area contributed by atoms with E-state index >= 15 is 0 Å². The average molecular weight is 208 g/mol. The molecule has 0 unspecified atom stereocenters. The number of aliphatic hydroxyl groups is 1. The summed E-state index contributed by atoms with van der Waals surface area (Å²) >= 11 is 0. The lowest BCUT2D eigenvalue weighted by atomic mass is 9.96. The third-order valence-corrected chi connectivity index (χ3v) is 2.54. The SMILES string of the molecule is Cc1ccc(OCC(C)(C)CO)cc1C. The third-order valence-electron chi connectivity index (χ3n) is 2.54. The smallest absolute Gasteiger partial charge is 0.119 e. The summed E-state index contributed by atoms with van der Waals surface area (Å²) < 4.78 is 5.64. The lowest BCUT2D eigenvalue weighted by Crippen LogP contribution is -2.25. The number of hydrogen-bond donors (Lipinski definition) is 1. The number of aliphatic hydroxyl groups excluding tert-OH is 1. The van der Waals surface area contributed by atoms with Crippen LogP contribution in [0.1, 0.15) is 25.0 Å². The molecule has 0 saturated carbocycles. The fourth-order valence-electron chi connectivity index (χ4n) is 1.13. The van der Waals surface area contributed by atoms with Gasteiger partial charge in [-0.3, -0.25) is 0 Å². The molecule has 2 nitrogen and oxygen atoms in total. The van der Waals surface area contributed by atoms with Gasteiger partial charge in [0.05, 0.1) is 13.2 Å². The zero-order valence-corrected chi connectivity index (χ0v) is 10.0. The van der Waals surface area contributed by atoms with Crippen LogP contribution in [-0.2, 0) is 0 Å². The van der Waals surface area contributed by atoms with Gasteiger partial charge < -0.3 is 9.84 Å². The second kappa shape index (κ2) is 4.67. The summed E-state index contributed by atoms with van der Waals surface area (Å²) in [6.45, 7) is 8.78. The summed E-state index contributed by atoms with van der Waals surface area (Å²) in [5.74, 6) is 0.875. The lowest BCUT2D eigenvalue weighted by Gasteiger charge is -2.22. The van der Waals surface area contributed by atoms with Crippen molar-refractivity contribution in [1.82, 2.24) is 0 Å². The molecule has 1 rings (SSSR count). The number of rotatable bonds is 4. The highest BCUT2D eigenvalue weighted by Gasteiger charge is 2.17. The maximum absolute atomic E-state index is 9.09. The van der Waals surface area contributed by atoms with Crippen molar-refractivity contribution in [2.45, 2.75) is 27.7 Å². The van der Waals surface area contributed by atoms with E-state index in [4.69, 9.17) is 9.84 Å². The van der Waals surface area contributed by atoms with Crippen molar-refractivity contribution in [1.29, 1.82) is 0 Å². The lowest BCUT2D eigenvalue weighted by molar-refractivity contribution is 0.0975. The summed E-state index contributed by atoms with van der Waals surface area (Å²) in [5, 5.41) is 9.09.